The zero-order chi connectivity index (χ0) is 20.4. The molecular formula is C22H30ClN3O2+2. The average Bonchev–Trinajstić information content (AvgIpc) is 2.95. The van der Waals surface area contributed by atoms with Crippen molar-refractivity contribution in [2.75, 3.05) is 26.2 Å². The summed E-state index contributed by atoms with van der Waals surface area (Å²) in [4.78, 5) is 30.9. The third-order valence-corrected chi connectivity index (χ3v) is 6.22. The van der Waals surface area contributed by atoms with Crippen LogP contribution < -0.4 is 9.80 Å². The molecular weight excluding hydrogens is 374 g/mol. The minimum atomic E-state index is -0.121. The van der Waals surface area contributed by atoms with Crippen LogP contribution in [0.1, 0.15) is 51.5 Å². The molecule has 0 saturated carbocycles. The molecule has 1 aliphatic rings. The van der Waals surface area contributed by atoms with Crippen LogP contribution in [0.3, 0.4) is 0 Å². The molecule has 0 bridgehead atoms. The quantitative estimate of drug-likeness (QED) is 0.631. The first-order chi connectivity index (χ1) is 13.3. The molecule has 2 heterocycles. The van der Waals surface area contributed by atoms with Gasteiger partial charge in [0, 0.05) is 21.8 Å². The average molecular weight is 404 g/mol. The second kappa shape index (κ2) is 8.60. The molecule has 1 aliphatic heterocycles. The fraction of sp³-hybridized carbons (Fsp3) is 0.455. The van der Waals surface area contributed by atoms with Crippen LogP contribution in [0.15, 0.2) is 24.3 Å². The number of quaternary nitrogens is 2. The zero-order valence-electron chi connectivity index (χ0n) is 17.1. The second-order valence-corrected chi connectivity index (χ2v) is 8.42. The van der Waals surface area contributed by atoms with Crippen LogP contribution in [0.4, 0.5) is 0 Å². The van der Waals surface area contributed by atoms with E-state index in [0.29, 0.717) is 11.3 Å². The van der Waals surface area contributed by atoms with Gasteiger partial charge in [-0.15, -0.1) is 0 Å². The number of aromatic amines is 1. The Balaban J connectivity index is 1.62. The Morgan fingerprint density at radius 3 is 2.43 bits per heavy atom. The van der Waals surface area contributed by atoms with Gasteiger partial charge in [0.05, 0.1) is 5.69 Å². The van der Waals surface area contributed by atoms with E-state index in [9.17, 15) is 9.59 Å². The number of hydrogen-bond donors (Lipinski definition) is 3. The molecule has 5 nitrogen and oxygen atoms in total. The predicted octanol–water partition coefficient (Wildman–Crippen LogP) is 1.04. The lowest BCUT2D eigenvalue weighted by Gasteiger charge is -2.32. The summed E-state index contributed by atoms with van der Waals surface area (Å²) < 4.78 is 0. The van der Waals surface area contributed by atoms with E-state index in [1.54, 1.807) is 6.92 Å². The third kappa shape index (κ3) is 4.37. The van der Waals surface area contributed by atoms with Gasteiger partial charge in [-0.05, 0) is 45.4 Å². The lowest BCUT2D eigenvalue weighted by molar-refractivity contribution is -1.02. The highest BCUT2D eigenvalue weighted by molar-refractivity contribution is 6.30. The molecule has 1 aromatic carbocycles. The molecule has 3 N–H and O–H groups in total. The van der Waals surface area contributed by atoms with E-state index in [2.05, 4.69) is 11.1 Å². The molecule has 0 amide bonds. The molecule has 150 valence electrons. The maximum Gasteiger partial charge on any atom is 0.235 e. The molecule has 1 atom stereocenters. The number of piperazine rings is 1. The van der Waals surface area contributed by atoms with Crippen molar-refractivity contribution in [2.24, 2.45) is 0 Å². The highest BCUT2D eigenvalue weighted by atomic mass is 35.5. The van der Waals surface area contributed by atoms with E-state index < -0.39 is 0 Å². The normalized spacial score (nSPS) is 20.8. The largest absolute Gasteiger partial charge is 0.355 e. The van der Waals surface area contributed by atoms with Crippen LogP contribution in [0.25, 0.3) is 0 Å². The maximum absolute atomic E-state index is 13.1. The first-order valence-electron chi connectivity index (χ1n) is 9.94. The molecule has 0 spiro atoms. The van der Waals surface area contributed by atoms with Crippen LogP contribution in [0, 0.1) is 13.8 Å². The molecule has 2 aromatic rings. The van der Waals surface area contributed by atoms with Crippen molar-refractivity contribution in [1.82, 2.24) is 4.98 Å². The van der Waals surface area contributed by atoms with E-state index in [1.165, 1.54) is 15.4 Å². The Morgan fingerprint density at radius 2 is 1.86 bits per heavy atom. The number of carbonyl (C=O) groups is 2. The number of aryl methyl sites for hydroxylation is 1. The van der Waals surface area contributed by atoms with Gasteiger partial charge < -0.3 is 14.8 Å². The molecule has 1 aromatic heterocycles. The number of Topliss-reactive ketones (excluding diaryl/α,β-unsaturated/α-hetero) is 2. The van der Waals surface area contributed by atoms with Crippen molar-refractivity contribution >= 4 is 23.2 Å². The molecule has 0 aliphatic carbocycles. The van der Waals surface area contributed by atoms with Gasteiger partial charge in [-0.1, -0.05) is 23.7 Å². The Morgan fingerprint density at radius 1 is 1.18 bits per heavy atom. The fourth-order valence-electron chi connectivity index (χ4n) is 4.40. The number of hydrogen-bond acceptors (Lipinski definition) is 2. The highest BCUT2D eigenvalue weighted by Gasteiger charge is 2.33. The minimum Gasteiger partial charge on any atom is -0.355 e. The number of nitrogens with one attached hydrogen (secondary N) is 3. The van der Waals surface area contributed by atoms with Crippen LogP contribution >= 0.6 is 11.6 Å². The zero-order valence-corrected chi connectivity index (χ0v) is 17.9. The summed E-state index contributed by atoms with van der Waals surface area (Å²) >= 11 is 6.09. The minimum absolute atomic E-state index is 0.00327. The molecule has 28 heavy (non-hydrogen) atoms. The Kier molecular flexibility index (Phi) is 6.38. The van der Waals surface area contributed by atoms with Crippen molar-refractivity contribution in [2.45, 2.75) is 40.3 Å². The van der Waals surface area contributed by atoms with Gasteiger partial charge in [0.2, 0.25) is 5.78 Å². The first kappa shape index (κ1) is 20.8. The Bertz CT molecular complexity index is 882. The van der Waals surface area contributed by atoms with Gasteiger partial charge >= 0.3 is 0 Å². The summed E-state index contributed by atoms with van der Waals surface area (Å²) in [6.07, 6.45) is 0. The monoisotopic (exact) mass is 403 g/mol. The number of carbonyl (C=O) groups excluding carboxylic acids is 2. The van der Waals surface area contributed by atoms with E-state index in [4.69, 9.17) is 11.6 Å². The topological polar surface area (TPSA) is 58.8 Å². The molecule has 0 radical (unpaired) electrons. The fourth-order valence-corrected chi connectivity index (χ4v) is 4.61. The number of halogens is 1. The summed E-state index contributed by atoms with van der Waals surface area (Å²) in [5.41, 5.74) is 4.07. The van der Waals surface area contributed by atoms with Gasteiger partial charge in [0.25, 0.3) is 0 Å². The van der Waals surface area contributed by atoms with Crippen LogP contribution in [0.2, 0.25) is 5.02 Å². The Labute approximate surface area is 171 Å². The van der Waals surface area contributed by atoms with Gasteiger partial charge in [0.15, 0.2) is 11.8 Å². The second-order valence-electron chi connectivity index (χ2n) is 7.98. The predicted molar refractivity (Wildman–Crippen MR) is 111 cm³/mol. The van der Waals surface area contributed by atoms with E-state index in [1.807, 2.05) is 39.0 Å². The van der Waals surface area contributed by atoms with Crippen molar-refractivity contribution in [3.8, 4) is 0 Å². The lowest BCUT2D eigenvalue weighted by atomic mass is 10.0. The van der Waals surface area contributed by atoms with Crippen LogP contribution in [-0.4, -0.2) is 48.8 Å². The van der Waals surface area contributed by atoms with E-state index in [0.717, 1.165) is 49.0 Å². The SMILES string of the molecule is CC(=O)c1c(C)[nH]c(C(=O)[C@H](C)[NH+]2CC[NH+](Cc3cccc(Cl)c3)CC2)c1C. The molecule has 1 fully saturated rings. The van der Waals surface area contributed by atoms with E-state index >= 15 is 0 Å². The summed E-state index contributed by atoms with van der Waals surface area (Å²) in [7, 11) is 0. The van der Waals surface area contributed by atoms with Gasteiger partial charge in [-0.25, -0.2) is 0 Å². The maximum atomic E-state index is 13.1. The lowest BCUT2D eigenvalue weighted by Crippen LogP contribution is -3.29. The van der Waals surface area contributed by atoms with Gasteiger partial charge in [-0.3, -0.25) is 9.59 Å². The highest BCUT2D eigenvalue weighted by Crippen LogP contribution is 2.19. The first-order valence-corrected chi connectivity index (χ1v) is 10.3. The van der Waals surface area contributed by atoms with Gasteiger partial charge in [-0.2, -0.15) is 0 Å². The summed E-state index contributed by atoms with van der Waals surface area (Å²) in [5, 5.41) is 0.780. The summed E-state index contributed by atoms with van der Waals surface area (Å²) in [6.45, 7) is 12.2. The van der Waals surface area contributed by atoms with Crippen LogP contribution in [-0.2, 0) is 6.54 Å². The van der Waals surface area contributed by atoms with Gasteiger partial charge in [0.1, 0.15) is 32.7 Å². The third-order valence-electron chi connectivity index (χ3n) is 5.98. The summed E-state index contributed by atoms with van der Waals surface area (Å²) in [6, 6.07) is 7.92. The number of benzene rings is 1. The van der Waals surface area contributed by atoms with Crippen molar-refractivity contribution in [3.05, 3.63) is 57.4 Å². The van der Waals surface area contributed by atoms with E-state index in [-0.39, 0.29) is 17.6 Å². The standard InChI is InChI=1S/C22H28ClN3O2/c1-14-20(17(4)27)15(2)24-21(14)22(28)16(3)26-10-8-25(9-11-26)13-18-6-5-7-19(23)12-18/h5-7,12,16,24H,8-11,13H2,1-4H3/p+2/t16-/m0/s1. The summed E-state index contributed by atoms with van der Waals surface area (Å²) in [5.74, 6) is 0.102. The smallest absolute Gasteiger partial charge is 0.235 e. The van der Waals surface area contributed by atoms with Crippen molar-refractivity contribution in [3.63, 3.8) is 0 Å². The number of aromatic nitrogens is 1. The molecule has 6 heteroatoms. The molecule has 0 unspecified atom stereocenters. The number of H-pyrrole nitrogens is 1. The molecule has 1 saturated heterocycles. The van der Waals surface area contributed by atoms with Crippen molar-refractivity contribution < 1.29 is 19.4 Å². The Hall–Kier alpha value is -1.95. The number of rotatable bonds is 6. The molecule has 3 rings (SSSR count). The van der Waals surface area contributed by atoms with Crippen molar-refractivity contribution in [1.29, 1.82) is 0 Å². The van der Waals surface area contributed by atoms with Crippen LogP contribution in [0.5, 0.6) is 0 Å². The number of ketones is 2.